The van der Waals surface area contributed by atoms with Gasteiger partial charge in [-0.3, -0.25) is 0 Å². The lowest BCUT2D eigenvalue weighted by molar-refractivity contribution is -0.520. The highest BCUT2D eigenvalue weighted by atomic mass is 127. The summed E-state index contributed by atoms with van der Waals surface area (Å²) in [5.74, 6) is 1.72. The fourth-order valence-electron chi connectivity index (χ4n) is 2.14. The summed E-state index contributed by atoms with van der Waals surface area (Å²) in [4.78, 5) is 7.76. The van der Waals surface area contributed by atoms with E-state index in [0.717, 1.165) is 28.6 Å². The Hall–Kier alpha value is -1.63. The average Bonchev–Trinajstić information content (AvgIpc) is 2.81. The van der Waals surface area contributed by atoms with Gasteiger partial charge in [-0.15, -0.1) is 0 Å². The van der Waals surface area contributed by atoms with Gasteiger partial charge in [0, 0.05) is 9.64 Å². The number of ether oxygens (including phenoxy) is 1. The average molecular weight is 380 g/mol. The Kier molecular flexibility index (Phi) is 3.60. The lowest BCUT2D eigenvalue weighted by atomic mass is 10.3. The highest BCUT2D eigenvalue weighted by molar-refractivity contribution is 14.1. The van der Waals surface area contributed by atoms with Crippen LogP contribution in [-0.2, 0) is 6.61 Å². The van der Waals surface area contributed by atoms with E-state index in [1.165, 1.54) is 3.57 Å². The molecule has 0 radical (unpaired) electrons. The molecule has 3 aromatic rings. The molecule has 102 valence electrons. The van der Waals surface area contributed by atoms with Crippen LogP contribution in [0.4, 0.5) is 0 Å². The number of nitrogens with one attached hydrogen (secondary N) is 1. The molecule has 0 aliphatic carbocycles. The van der Waals surface area contributed by atoms with Crippen LogP contribution in [0.2, 0.25) is 0 Å². The zero-order chi connectivity index (χ0) is 14.1. The molecule has 0 aliphatic rings. The predicted octanol–water partition coefficient (Wildman–Crippen LogP) is 2.95. The summed E-state index contributed by atoms with van der Waals surface area (Å²) in [5, 5.41) is 0. The molecule has 0 atom stereocenters. The fourth-order valence-corrected chi connectivity index (χ4v) is 2.50. The van der Waals surface area contributed by atoms with Crippen molar-refractivity contribution in [2.75, 3.05) is 0 Å². The van der Waals surface area contributed by atoms with Crippen LogP contribution in [0.1, 0.15) is 17.1 Å². The minimum absolute atomic E-state index is 0.502. The second-order valence-corrected chi connectivity index (χ2v) is 6.00. The Morgan fingerprint density at radius 2 is 2.00 bits per heavy atom. The van der Waals surface area contributed by atoms with E-state index >= 15 is 0 Å². The molecule has 0 spiro atoms. The number of aromatic amines is 1. The Bertz CT molecular complexity index is 750. The Morgan fingerprint density at radius 1 is 1.25 bits per heavy atom. The summed E-state index contributed by atoms with van der Waals surface area (Å²) in [6.45, 7) is 4.57. The second-order valence-electron chi connectivity index (χ2n) is 4.75. The lowest BCUT2D eigenvalue weighted by Gasteiger charge is -2.02. The zero-order valence-corrected chi connectivity index (χ0v) is 13.5. The van der Waals surface area contributed by atoms with Gasteiger partial charge in [-0.05, 0) is 60.7 Å². The topological polar surface area (TPSA) is 42.0 Å². The van der Waals surface area contributed by atoms with E-state index in [-0.39, 0.29) is 0 Å². The predicted molar refractivity (Wildman–Crippen MR) is 84.7 cm³/mol. The second kappa shape index (κ2) is 5.40. The van der Waals surface area contributed by atoms with Gasteiger partial charge in [0.1, 0.15) is 29.9 Å². The van der Waals surface area contributed by atoms with Crippen LogP contribution in [0.3, 0.4) is 0 Å². The first kappa shape index (κ1) is 13.4. The molecular weight excluding hydrogens is 365 g/mol. The van der Waals surface area contributed by atoms with Crippen molar-refractivity contribution in [1.82, 2.24) is 9.97 Å². The molecule has 0 saturated heterocycles. The minimum atomic E-state index is 0.502. The van der Waals surface area contributed by atoms with Crippen molar-refractivity contribution in [1.29, 1.82) is 0 Å². The van der Waals surface area contributed by atoms with Crippen molar-refractivity contribution in [3.05, 3.63) is 57.2 Å². The van der Waals surface area contributed by atoms with E-state index in [2.05, 4.69) is 45.5 Å². The number of H-pyrrole nitrogens is 1. The fraction of sp³-hybridized carbons (Fsp3) is 0.200. The maximum atomic E-state index is 5.77. The number of benzene rings is 1. The molecule has 0 amide bonds. The molecule has 0 unspecified atom stereocenters. The molecule has 2 aromatic heterocycles. The molecule has 20 heavy (non-hydrogen) atoms. The number of fused-ring (bicyclic) bond motifs is 1. The molecular formula is C15H15IN3O+. The number of hydrogen-bond donors (Lipinski definition) is 1. The largest absolute Gasteiger partial charge is 0.486 e. The smallest absolute Gasteiger partial charge is 0.401 e. The summed E-state index contributed by atoms with van der Waals surface area (Å²) in [7, 11) is 0. The Labute approximate surface area is 131 Å². The van der Waals surface area contributed by atoms with Gasteiger partial charge in [-0.25, -0.2) is 9.38 Å². The van der Waals surface area contributed by atoms with Gasteiger partial charge in [-0.1, -0.05) is 4.98 Å². The highest BCUT2D eigenvalue weighted by Gasteiger charge is 2.13. The van der Waals surface area contributed by atoms with Crippen molar-refractivity contribution in [3.8, 4) is 5.75 Å². The molecule has 0 fully saturated rings. The highest BCUT2D eigenvalue weighted by Crippen LogP contribution is 2.14. The molecule has 3 rings (SSSR count). The Balaban J connectivity index is 1.81. The molecule has 5 heteroatoms. The summed E-state index contributed by atoms with van der Waals surface area (Å²) in [6.07, 6.45) is 2.03. The first-order valence-corrected chi connectivity index (χ1v) is 7.45. The maximum Gasteiger partial charge on any atom is 0.401 e. The number of nitrogens with zero attached hydrogens (tertiary/aromatic N) is 2. The van der Waals surface area contributed by atoms with Gasteiger partial charge in [0.2, 0.25) is 0 Å². The quantitative estimate of drug-likeness (QED) is 0.561. The van der Waals surface area contributed by atoms with Gasteiger partial charge >= 0.3 is 5.78 Å². The molecule has 1 aromatic carbocycles. The van der Waals surface area contributed by atoms with E-state index in [1.807, 2.05) is 41.8 Å². The number of hydrogen-bond acceptors (Lipinski definition) is 2. The first-order valence-electron chi connectivity index (χ1n) is 6.38. The van der Waals surface area contributed by atoms with Crippen LogP contribution in [0.15, 0.2) is 36.5 Å². The number of aryl methyl sites for hydroxylation is 2. The number of rotatable bonds is 3. The molecule has 0 aliphatic heterocycles. The summed E-state index contributed by atoms with van der Waals surface area (Å²) in [6, 6.07) is 10.1. The first-order chi connectivity index (χ1) is 9.61. The van der Waals surface area contributed by atoms with Crippen molar-refractivity contribution >= 4 is 28.4 Å². The van der Waals surface area contributed by atoms with Gasteiger partial charge in [0.15, 0.2) is 0 Å². The van der Waals surface area contributed by atoms with Gasteiger partial charge in [0.05, 0.1) is 5.69 Å². The van der Waals surface area contributed by atoms with Crippen LogP contribution in [0.25, 0.3) is 5.78 Å². The minimum Gasteiger partial charge on any atom is -0.486 e. The van der Waals surface area contributed by atoms with Crippen molar-refractivity contribution in [2.24, 2.45) is 0 Å². The van der Waals surface area contributed by atoms with E-state index < -0.39 is 0 Å². The SMILES string of the molecule is Cc1cc(C)[n+]2cc(COc3ccc(I)cc3)[nH]c2n1. The van der Waals surface area contributed by atoms with Gasteiger partial charge < -0.3 is 4.74 Å². The Morgan fingerprint density at radius 3 is 2.75 bits per heavy atom. The molecule has 0 bridgehead atoms. The molecule has 1 N–H and O–H groups in total. The van der Waals surface area contributed by atoms with Crippen molar-refractivity contribution in [3.63, 3.8) is 0 Å². The monoisotopic (exact) mass is 380 g/mol. The standard InChI is InChI=1S/C15H14IN3O/c1-10-7-11(2)19-8-13(18-15(19)17-10)9-20-14-5-3-12(16)4-6-14/h3-8H,9H2,1-2H3/p+1. The zero-order valence-electron chi connectivity index (χ0n) is 11.4. The molecule has 4 nitrogen and oxygen atoms in total. The van der Waals surface area contributed by atoms with Crippen LogP contribution >= 0.6 is 22.6 Å². The van der Waals surface area contributed by atoms with E-state index in [1.54, 1.807) is 0 Å². The van der Waals surface area contributed by atoms with Crippen molar-refractivity contribution in [2.45, 2.75) is 20.5 Å². The summed E-state index contributed by atoms with van der Waals surface area (Å²) >= 11 is 2.28. The van der Waals surface area contributed by atoms with E-state index in [0.29, 0.717) is 6.61 Å². The third-order valence-corrected chi connectivity index (χ3v) is 3.79. The molecule has 0 saturated carbocycles. The van der Waals surface area contributed by atoms with Crippen LogP contribution < -0.4 is 9.14 Å². The summed E-state index contributed by atoms with van der Waals surface area (Å²) in [5.41, 5.74) is 3.17. The number of imidazole rings is 1. The normalized spacial score (nSPS) is 10.9. The van der Waals surface area contributed by atoms with Crippen LogP contribution in [-0.4, -0.2) is 9.97 Å². The number of aromatic nitrogens is 3. The van der Waals surface area contributed by atoms with Crippen molar-refractivity contribution < 1.29 is 9.14 Å². The summed E-state index contributed by atoms with van der Waals surface area (Å²) < 4.78 is 9.01. The third kappa shape index (κ3) is 2.77. The van der Waals surface area contributed by atoms with E-state index in [4.69, 9.17) is 4.74 Å². The van der Waals surface area contributed by atoms with E-state index in [9.17, 15) is 0 Å². The third-order valence-electron chi connectivity index (χ3n) is 3.07. The van der Waals surface area contributed by atoms with Crippen LogP contribution in [0.5, 0.6) is 5.75 Å². The molecule has 2 heterocycles. The van der Waals surface area contributed by atoms with Gasteiger partial charge in [0.25, 0.3) is 0 Å². The van der Waals surface area contributed by atoms with Crippen LogP contribution in [0, 0.1) is 17.4 Å². The number of halogens is 1. The van der Waals surface area contributed by atoms with Gasteiger partial charge in [-0.2, -0.15) is 0 Å². The lowest BCUT2D eigenvalue weighted by Crippen LogP contribution is -2.24. The maximum absolute atomic E-state index is 5.77.